The second-order valence-electron chi connectivity index (χ2n) is 15.8. The van der Waals surface area contributed by atoms with Crippen LogP contribution in [-0.2, 0) is 28.6 Å². The predicted molar refractivity (Wildman–Crippen MR) is 269 cm³/mol. The second-order valence-corrected chi connectivity index (χ2v) is 15.8. The molecule has 0 aromatic heterocycles. The lowest BCUT2D eigenvalue weighted by Crippen LogP contribution is -2.30. The topological polar surface area (TPSA) is 78.9 Å². The van der Waals surface area contributed by atoms with Crippen LogP contribution in [0.5, 0.6) is 0 Å². The number of carbonyl (C=O) groups excluding carboxylic acids is 3. The second kappa shape index (κ2) is 50.2. The van der Waals surface area contributed by atoms with E-state index >= 15 is 0 Å². The summed E-state index contributed by atoms with van der Waals surface area (Å²) in [7, 11) is 0. The molecule has 0 amide bonds. The van der Waals surface area contributed by atoms with Crippen LogP contribution in [-0.4, -0.2) is 37.2 Å². The maximum absolute atomic E-state index is 12.8. The molecule has 0 rings (SSSR count). The van der Waals surface area contributed by atoms with E-state index in [1.807, 2.05) is 42.5 Å². The Balaban J connectivity index is 4.53. The molecule has 0 spiro atoms. The standard InChI is InChI=1S/C57H88O6/c1-4-7-10-13-16-19-22-25-27-28-29-30-33-35-38-41-44-47-50-56(59)62-53-54(52-61-55(58)49-46-43-40-37-34-31-24-21-18-15-12-9-6-3)63-57(60)51-48-45-42-39-36-32-26-23-20-17-14-11-8-5-2/h8-13,15-22,24-30,32,54H,4-7,14,23,31,33-53H2,1-3H3/b11-8+,12-9+,13-10+,18-15+,19-16+,20-17+,24-21+,25-22+,28-27+,30-29+,32-26+. The first kappa shape index (κ1) is 58.6. The molecule has 0 aliphatic carbocycles. The molecule has 352 valence electrons. The van der Waals surface area contributed by atoms with Crippen LogP contribution in [0.25, 0.3) is 0 Å². The molecule has 1 unspecified atom stereocenters. The van der Waals surface area contributed by atoms with E-state index < -0.39 is 6.10 Å². The highest BCUT2D eigenvalue weighted by atomic mass is 16.6. The van der Waals surface area contributed by atoms with Crippen molar-refractivity contribution in [2.24, 2.45) is 0 Å². The number of ether oxygens (including phenoxy) is 3. The van der Waals surface area contributed by atoms with E-state index in [0.29, 0.717) is 12.8 Å². The molecule has 0 bridgehead atoms. The summed E-state index contributed by atoms with van der Waals surface area (Å²) in [6.07, 6.45) is 70.0. The zero-order chi connectivity index (χ0) is 45.8. The first-order valence-corrected chi connectivity index (χ1v) is 24.8. The summed E-state index contributed by atoms with van der Waals surface area (Å²) in [6.45, 7) is 6.21. The van der Waals surface area contributed by atoms with Gasteiger partial charge in [-0.05, 0) is 89.9 Å². The van der Waals surface area contributed by atoms with E-state index in [9.17, 15) is 14.4 Å². The number of rotatable bonds is 42. The number of hydrogen-bond acceptors (Lipinski definition) is 6. The van der Waals surface area contributed by atoms with Crippen LogP contribution in [0.15, 0.2) is 134 Å². The Hall–Kier alpha value is -4.45. The van der Waals surface area contributed by atoms with Gasteiger partial charge in [0.05, 0.1) is 0 Å². The summed E-state index contributed by atoms with van der Waals surface area (Å²) in [6, 6.07) is 0. The number of esters is 3. The fourth-order valence-corrected chi connectivity index (χ4v) is 6.13. The zero-order valence-corrected chi connectivity index (χ0v) is 40.0. The molecular formula is C57H88O6. The minimum Gasteiger partial charge on any atom is -0.462 e. The van der Waals surface area contributed by atoms with Gasteiger partial charge in [0.25, 0.3) is 0 Å². The number of carbonyl (C=O) groups is 3. The van der Waals surface area contributed by atoms with Crippen molar-refractivity contribution in [1.29, 1.82) is 0 Å². The van der Waals surface area contributed by atoms with Crippen molar-refractivity contribution >= 4 is 17.9 Å². The highest BCUT2D eigenvalue weighted by Gasteiger charge is 2.19. The molecule has 0 fully saturated rings. The van der Waals surface area contributed by atoms with Crippen LogP contribution in [0, 0.1) is 0 Å². The zero-order valence-electron chi connectivity index (χ0n) is 40.0. The van der Waals surface area contributed by atoms with Crippen molar-refractivity contribution in [3.63, 3.8) is 0 Å². The van der Waals surface area contributed by atoms with Gasteiger partial charge >= 0.3 is 17.9 Å². The molecule has 6 heteroatoms. The summed E-state index contributed by atoms with van der Waals surface area (Å²) >= 11 is 0. The third-order valence-corrected chi connectivity index (χ3v) is 9.79. The van der Waals surface area contributed by atoms with Gasteiger partial charge in [0.2, 0.25) is 0 Å². The van der Waals surface area contributed by atoms with Gasteiger partial charge in [-0.2, -0.15) is 0 Å². The van der Waals surface area contributed by atoms with Gasteiger partial charge < -0.3 is 14.2 Å². The van der Waals surface area contributed by atoms with E-state index in [1.165, 1.54) is 6.42 Å². The summed E-state index contributed by atoms with van der Waals surface area (Å²) in [4.78, 5) is 37.9. The van der Waals surface area contributed by atoms with Crippen molar-refractivity contribution in [2.45, 2.75) is 194 Å². The Morgan fingerprint density at radius 1 is 0.349 bits per heavy atom. The Bertz CT molecular complexity index is 1420. The average molecular weight is 869 g/mol. The van der Waals surface area contributed by atoms with Crippen molar-refractivity contribution in [3.05, 3.63) is 134 Å². The van der Waals surface area contributed by atoms with Gasteiger partial charge in [0.1, 0.15) is 13.2 Å². The van der Waals surface area contributed by atoms with Gasteiger partial charge in [-0.15, -0.1) is 0 Å². The smallest absolute Gasteiger partial charge is 0.306 e. The number of allylic oxidation sites excluding steroid dienone is 22. The Labute approximate surface area is 385 Å². The average Bonchev–Trinajstić information content (AvgIpc) is 3.28. The fraction of sp³-hybridized carbons (Fsp3) is 0.561. The summed E-state index contributed by atoms with van der Waals surface area (Å²) < 4.78 is 16.7. The lowest BCUT2D eigenvalue weighted by molar-refractivity contribution is -0.167. The molecule has 0 aromatic carbocycles. The number of hydrogen-bond donors (Lipinski definition) is 0. The normalized spacial score (nSPS) is 13.3. The van der Waals surface area contributed by atoms with Crippen LogP contribution < -0.4 is 0 Å². The van der Waals surface area contributed by atoms with Gasteiger partial charge in [-0.3, -0.25) is 14.4 Å². The van der Waals surface area contributed by atoms with Gasteiger partial charge in [0.15, 0.2) is 6.10 Å². The van der Waals surface area contributed by atoms with Crippen LogP contribution in [0.3, 0.4) is 0 Å². The molecule has 0 aliphatic heterocycles. The van der Waals surface area contributed by atoms with Crippen LogP contribution in [0.4, 0.5) is 0 Å². The molecule has 0 saturated carbocycles. The molecule has 0 aromatic rings. The molecule has 0 saturated heterocycles. The van der Waals surface area contributed by atoms with Crippen molar-refractivity contribution in [1.82, 2.24) is 0 Å². The maximum Gasteiger partial charge on any atom is 0.306 e. The minimum atomic E-state index is -0.814. The number of unbranched alkanes of at least 4 members (excludes halogenated alkanes) is 15. The molecule has 1 atom stereocenters. The maximum atomic E-state index is 12.8. The molecule has 0 aliphatic rings. The minimum absolute atomic E-state index is 0.112. The van der Waals surface area contributed by atoms with E-state index in [0.717, 1.165) is 141 Å². The molecule has 63 heavy (non-hydrogen) atoms. The summed E-state index contributed by atoms with van der Waals surface area (Å²) in [5.41, 5.74) is 0. The quantitative estimate of drug-likeness (QED) is 0.0200. The predicted octanol–water partition coefficient (Wildman–Crippen LogP) is 16.3. The monoisotopic (exact) mass is 869 g/mol. The van der Waals surface area contributed by atoms with Gasteiger partial charge in [0, 0.05) is 19.3 Å². The van der Waals surface area contributed by atoms with Crippen LogP contribution in [0.1, 0.15) is 188 Å². The summed E-state index contributed by atoms with van der Waals surface area (Å²) in [5, 5.41) is 0. The first-order valence-electron chi connectivity index (χ1n) is 24.8. The van der Waals surface area contributed by atoms with E-state index in [-0.39, 0.29) is 37.5 Å². The molecule has 0 heterocycles. The Morgan fingerprint density at radius 3 is 1.16 bits per heavy atom. The van der Waals surface area contributed by atoms with E-state index in [4.69, 9.17) is 14.2 Å². The van der Waals surface area contributed by atoms with Crippen molar-refractivity contribution in [2.75, 3.05) is 13.2 Å². The van der Waals surface area contributed by atoms with Gasteiger partial charge in [-0.1, -0.05) is 212 Å². The van der Waals surface area contributed by atoms with Crippen molar-refractivity contribution < 1.29 is 28.6 Å². The largest absolute Gasteiger partial charge is 0.462 e. The molecule has 0 radical (unpaired) electrons. The summed E-state index contributed by atoms with van der Waals surface area (Å²) in [5.74, 6) is -0.991. The lowest BCUT2D eigenvalue weighted by atomic mass is 10.1. The lowest BCUT2D eigenvalue weighted by Gasteiger charge is -2.18. The third-order valence-electron chi connectivity index (χ3n) is 9.79. The highest BCUT2D eigenvalue weighted by Crippen LogP contribution is 2.12. The Kier molecular flexibility index (Phi) is 46.7. The highest BCUT2D eigenvalue weighted by molar-refractivity contribution is 5.71. The SMILES string of the molecule is CC/C=C/C=C/C=C/CCCCCCCC(=O)OCC(COC(=O)CCCCCCC/C=C/C=C/C=C/C=C/C=C/CCC)OC(=O)CCCCCC/C=C/C/C=C/C/C=C/CC. The van der Waals surface area contributed by atoms with E-state index in [1.54, 1.807) is 0 Å². The molecule has 6 nitrogen and oxygen atoms in total. The first-order chi connectivity index (χ1) is 31.0. The van der Waals surface area contributed by atoms with Gasteiger partial charge in [-0.25, -0.2) is 0 Å². The molecule has 0 N–H and O–H groups in total. The van der Waals surface area contributed by atoms with Crippen LogP contribution in [0.2, 0.25) is 0 Å². The fourth-order valence-electron chi connectivity index (χ4n) is 6.13. The molecular weight excluding hydrogens is 781 g/mol. The third kappa shape index (κ3) is 48.4. The van der Waals surface area contributed by atoms with Crippen molar-refractivity contribution in [3.8, 4) is 0 Å². The van der Waals surface area contributed by atoms with Crippen LogP contribution >= 0.6 is 0 Å². The Morgan fingerprint density at radius 2 is 0.698 bits per heavy atom. The van der Waals surface area contributed by atoms with E-state index in [2.05, 4.69) is 112 Å².